The summed E-state index contributed by atoms with van der Waals surface area (Å²) in [6.45, 7) is 13.8. The van der Waals surface area contributed by atoms with Crippen LogP contribution >= 0.6 is 0 Å². The topological polar surface area (TPSA) is 22.1 Å². The van der Waals surface area contributed by atoms with E-state index in [9.17, 15) is 0 Å². The van der Waals surface area contributed by atoms with Crippen LogP contribution in [-0.2, 0) is 4.74 Å². The van der Waals surface area contributed by atoms with Crippen molar-refractivity contribution in [1.29, 1.82) is 0 Å². The lowest BCUT2D eigenvalue weighted by atomic mass is 10.0. The number of rotatable bonds is 1. The minimum Gasteiger partial charge on any atom is -0.380 e. The normalized spacial score (nSPS) is 13.9. The van der Waals surface area contributed by atoms with Crippen LogP contribution in [0.4, 0.5) is 0 Å². The minimum absolute atomic E-state index is 0.546. The van der Waals surface area contributed by atoms with Gasteiger partial charge >= 0.3 is 0 Å². The van der Waals surface area contributed by atoms with Gasteiger partial charge in [0.1, 0.15) is 0 Å². The lowest BCUT2D eigenvalue weighted by Crippen LogP contribution is -2.26. The van der Waals surface area contributed by atoms with Gasteiger partial charge in [0.05, 0.1) is 13.2 Å². The van der Waals surface area contributed by atoms with Crippen LogP contribution in [0.25, 0.3) is 0 Å². The molecule has 0 N–H and O–H groups in total. The zero-order valence-electron chi connectivity index (χ0n) is 11.5. The summed E-state index contributed by atoms with van der Waals surface area (Å²) in [6, 6.07) is 4.24. The summed E-state index contributed by atoms with van der Waals surface area (Å²) in [5, 5.41) is 0. The first-order valence-corrected chi connectivity index (χ1v) is 6.29. The molecule has 16 heavy (non-hydrogen) atoms. The van der Waals surface area contributed by atoms with E-state index in [4.69, 9.17) is 4.74 Å². The van der Waals surface area contributed by atoms with Crippen molar-refractivity contribution in [3.63, 3.8) is 0 Å². The maximum absolute atomic E-state index is 5.12. The Morgan fingerprint density at radius 2 is 1.62 bits per heavy atom. The SMILES string of the molecule is CC.CC.Cc1ccc(C2COC2)nc1C. The highest BCUT2D eigenvalue weighted by Gasteiger charge is 2.21. The first-order valence-electron chi connectivity index (χ1n) is 6.29. The molecule has 0 bridgehead atoms. The highest BCUT2D eigenvalue weighted by atomic mass is 16.5. The van der Waals surface area contributed by atoms with Gasteiger partial charge in [-0.3, -0.25) is 4.98 Å². The lowest BCUT2D eigenvalue weighted by Gasteiger charge is -2.25. The van der Waals surface area contributed by atoms with Gasteiger partial charge in [0, 0.05) is 17.3 Å². The molecule has 1 fully saturated rings. The molecule has 1 aliphatic heterocycles. The standard InChI is InChI=1S/C10H13NO.2C2H6/c1-7-3-4-10(11-8(7)2)9-5-12-6-9;2*1-2/h3-4,9H,5-6H2,1-2H3;2*1-2H3. The quantitative estimate of drug-likeness (QED) is 0.721. The largest absolute Gasteiger partial charge is 0.380 e. The molecule has 0 amide bonds. The maximum atomic E-state index is 5.12. The maximum Gasteiger partial charge on any atom is 0.0572 e. The Morgan fingerprint density at radius 1 is 1.06 bits per heavy atom. The second kappa shape index (κ2) is 8.28. The number of nitrogens with zero attached hydrogens (tertiary/aromatic N) is 1. The summed E-state index contributed by atoms with van der Waals surface area (Å²) in [4.78, 5) is 4.51. The smallest absolute Gasteiger partial charge is 0.0572 e. The highest BCUT2D eigenvalue weighted by Crippen LogP contribution is 2.22. The molecule has 2 heteroatoms. The fourth-order valence-corrected chi connectivity index (χ4v) is 1.28. The third-order valence-corrected chi connectivity index (χ3v) is 2.43. The molecule has 1 aliphatic rings. The van der Waals surface area contributed by atoms with Crippen molar-refractivity contribution in [2.24, 2.45) is 0 Å². The van der Waals surface area contributed by atoms with E-state index in [0.29, 0.717) is 5.92 Å². The third-order valence-electron chi connectivity index (χ3n) is 2.43. The number of hydrogen-bond acceptors (Lipinski definition) is 2. The van der Waals surface area contributed by atoms with Crippen LogP contribution in [0.1, 0.15) is 50.6 Å². The van der Waals surface area contributed by atoms with E-state index in [1.165, 1.54) is 11.3 Å². The molecular formula is C14H25NO. The predicted octanol–water partition coefficient (Wildman–Crippen LogP) is 3.86. The molecule has 2 nitrogen and oxygen atoms in total. The molecule has 1 saturated heterocycles. The van der Waals surface area contributed by atoms with Crippen LogP contribution in [-0.4, -0.2) is 18.2 Å². The molecule has 0 aromatic carbocycles. The van der Waals surface area contributed by atoms with Gasteiger partial charge < -0.3 is 4.74 Å². The summed E-state index contributed by atoms with van der Waals surface area (Å²) in [5.41, 5.74) is 3.59. The van der Waals surface area contributed by atoms with Crippen LogP contribution in [0.2, 0.25) is 0 Å². The van der Waals surface area contributed by atoms with Crippen LogP contribution in [0.3, 0.4) is 0 Å². The molecular weight excluding hydrogens is 198 g/mol. The molecule has 0 unspecified atom stereocenters. The molecule has 2 heterocycles. The predicted molar refractivity (Wildman–Crippen MR) is 70.0 cm³/mol. The summed E-state index contributed by atoms with van der Waals surface area (Å²) < 4.78 is 5.12. The molecule has 0 spiro atoms. The van der Waals surface area contributed by atoms with E-state index in [1.807, 2.05) is 27.7 Å². The average molecular weight is 223 g/mol. The van der Waals surface area contributed by atoms with E-state index in [1.54, 1.807) is 0 Å². The number of aryl methyl sites for hydroxylation is 2. The Morgan fingerprint density at radius 3 is 2.00 bits per heavy atom. The summed E-state index contributed by atoms with van der Waals surface area (Å²) in [7, 11) is 0. The van der Waals surface area contributed by atoms with Gasteiger partial charge in [-0.25, -0.2) is 0 Å². The number of pyridine rings is 1. The summed E-state index contributed by atoms with van der Waals surface area (Å²) in [5.74, 6) is 0.546. The van der Waals surface area contributed by atoms with Crippen LogP contribution in [0, 0.1) is 13.8 Å². The Labute approximate surface area is 100 Å². The molecule has 1 aromatic rings. The van der Waals surface area contributed by atoms with Gasteiger partial charge in [0.15, 0.2) is 0 Å². The summed E-state index contributed by atoms with van der Waals surface area (Å²) >= 11 is 0. The second-order valence-corrected chi connectivity index (χ2v) is 3.37. The van der Waals surface area contributed by atoms with Gasteiger partial charge in [0.25, 0.3) is 0 Å². The third kappa shape index (κ3) is 3.93. The van der Waals surface area contributed by atoms with Crippen molar-refractivity contribution in [3.05, 3.63) is 29.1 Å². The Kier molecular flexibility index (Phi) is 7.82. The molecule has 1 aromatic heterocycles. The van der Waals surface area contributed by atoms with Crippen molar-refractivity contribution in [1.82, 2.24) is 4.98 Å². The first kappa shape index (κ1) is 15.1. The van der Waals surface area contributed by atoms with Crippen molar-refractivity contribution in [2.45, 2.75) is 47.5 Å². The van der Waals surface area contributed by atoms with Crippen LogP contribution < -0.4 is 0 Å². The monoisotopic (exact) mass is 223 g/mol. The van der Waals surface area contributed by atoms with E-state index >= 15 is 0 Å². The molecule has 92 valence electrons. The molecule has 0 saturated carbocycles. The lowest BCUT2D eigenvalue weighted by molar-refractivity contribution is 0.00666. The first-order chi connectivity index (χ1) is 7.77. The van der Waals surface area contributed by atoms with Crippen molar-refractivity contribution in [2.75, 3.05) is 13.2 Å². The van der Waals surface area contributed by atoms with Gasteiger partial charge in [-0.1, -0.05) is 33.8 Å². The highest BCUT2D eigenvalue weighted by molar-refractivity contribution is 5.23. The fraction of sp³-hybridized carbons (Fsp3) is 0.643. The van der Waals surface area contributed by atoms with E-state index in [0.717, 1.165) is 18.9 Å². The van der Waals surface area contributed by atoms with E-state index in [-0.39, 0.29) is 0 Å². The Hall–Kier alpha value is -0.890. The zero-order valence-corrected chi connectivity index (χ0v) is 11.5. The molecule has 0 radical (unpaired) electrons. The fourth-order valence-electron chi connectivity index (χ4n) is 1.28. The Balaban J connectivity index is 0.000000509. The van der Waals surface area contributed by atoms with E-state index < -0.39 is 0 Å². The van der Waals surface area contributed by atoms with Gasteiger partial charge in [-0.05, 0) is 25.5 Å². The van der Waals surface area contributed by atoms with Gasteiger partial charge in [0.2, 0.25) is 0 Å². The van der Waals surface area contributed by atoms with Crippen molar-refractivity contribution >= 4 is 0 Å². The van der Waals surface area contributed by atoms with Crippen molar-refractivity contribution < 1.29 is 4.74 Å². The van der Waals surface area contributed by atoms with Crippen LogP contribution in [0.15, 0.2) is 12.1 Å². The number of aromatic nitrogens is 1. The molecule has 0 aliphatic carbocycles. The second-order valence-electron chi connectivity index (χ2n) is 3.37. The minimum atomic E-state index is 0.546. The molecule has 0 atom stereocenters. The molecule has 2 rings (SSSR count). The summed E-state index contributed by atoms with van der Waals surface area (Å²) in [6.07, 6.45) is 0. The van der Waals surface area contributed by atoms with E-state index in [2.05, 4.69) is 31.0 Å². The van der Waals surface area contributed by atoms with Gasteiger partial charge in [-0.15, -0.1) is 0 Å². The van der Waals surface area contributed by atoms with Crippen molar-refractivity contribution in [3.8, 4) is 0 Å². The Bertz CT molecular complexity index is 293. The van der Waals surface area contributed by atoms with Gasteiger partial charge in [-0.2, -0.15) is 0 Å². The average Bonchev–Trinajstić information content (AvgIpc) is 2.27. The number of hydrogen-bond donors (Lipinski definition) is 0. The number of ether oxygens (including phenoxy) is 1. The van der Waals surface area contributed by atoms with Crippen LogP contribution in [0.5, 0.6) is 0 Å². The zero-order chi connectivity index (χ0) is 12.6.